The molecule has 3 aromatic rings. The quantitative estimate of drug-likeness (QED) is 0.508. The summed E-state index contributed by atoms with van der Waals surface area (Å²) in [6.07, 6.45) is 9.98. The molecule has 1 amide bonds. The maximum atomic E-state index is 13.3. The first kappa shape index (κ1) is 22.4. The Balaban J connectivity index is 1.27. The van der Waals surface area contributed by atoms with Crippen LogP contribution in [0.25, 0.3) is 10.8 Å². The van der Waals surface area contributed by atoms with Crippen molar-refractivity contribution in [2.24, 2.45) is 0 Å². The summed E-state index contributed by atoms with van der Waals surface area (Å²) in [4.78, 5) is 22.1. The zero-order valence-corrected chi connectivity index (χ0v) is 19.5. The van der Waals surface area contributed by atoms with Gasteiger partial charge in [0.15, 0.2) is 0 Å². The highest BCUT2D eigenvalue weighted by Gasteiger charge is 2.20. The molecule has 1 N–H and O–H groups in total. The maximum absolute atomic E-state index is 13.3. The molecule has 0 spiro atoms. The Morgan fingerprint density at radius 3 is 2.53 bits per heavy atom. The van der Waals surface area contributed by atoms with E-state index in [4.69, 9.17) is 0 Å². The highest BCUT2D eigenvalue weighted by Crippen LogP contribution is 2.28. The lowest BCUT2D eigenvalue weighted by atomic mass is 9.97. The predicted molar refractivity (Wildman–Crippen MR) is 136 cm³/mol. The van der Waals surface area contributed by atoms with Gasteiger partial charge in [-0.05, 0) is 80.0 Å². The molecule has 1 fully saturated rings. The first-order valence-electron chi connectivity index (χ1n) is 12.3. The van der Waals surface area contributed by atoms with Crippen molar-refractivity contribution < 1.29 is 9.18 Å². The van der Waals surface area contributed by atoms with Gasteiger partial charge in [-0.3, -0.25) is 4.79 Å². The van der Waals surface area contributed by atoms with Crippen molar-refractivity contribution in [2.75, 3.05) is 42.5 Å². The summed E-state index contributed by atoms with van der Waals surface area (Å²) in [6.45, 7) is 3.97. The van der Waals surface area contributed by atoms with E-state index >= 15 is 0 Å². The van der Waals surface area contributed by atoms with Crippen LogP contribution in [-0.2, 0) is 0 Å². The van der Waals surface area contributed by atoms with Gasteiger partial charge in [0.05, 0.1) is 0 Å². The van der Waals surface area contributed by atoms with E-state index in [9.17, 15) is 9.18 Å². The zero-order chi connectivity index (χ0) is 23.3. The van der Waals surface area contributed by atoms with Gasteiger partial charge in [0.25, 0.3) is 5.91 Å². The molecule has 0 saturated carbocycles. The van der Waals surface area contributed by atoms with Gasteiger partial charge in [-0.2, -0.15) is 0 Å². The average Bonchev–Trinajstić information content (AvgIpc) is 2.89. The van der Waals surface area contributed by atoms with Gasteiger partial charge in [-0.1, -0.05) is 17.7 Å². The molecule has 2 heterocycles. The monoisotopic (exact) mass is 458 g/mol. The number of nitrogens with zero attached hydrogens (tertiary/aromatic N) is 3. The standard InChI is InChI=1S/C28H31FN4O/c29-24-8-10-25(11-9-24)32-16-18-33(19-17-32)27-26-20-23(7-6-22(26)13-15-30-27)28(34)31-14-12-21-4-2-1-3-5-21/h4,6-11,13,15,20H,1-3,5,12,14,16-19H2,(H,31,34). The summed E-state index contributed by atoms with van der Waals surface area (Å²) in [5.41, 5.74) is 3.18. The fraction of sp³-hybridized carbons (Fsp3) is 0.357. The molecule has 2 aliphatic rings. The lowest BCUT2D eigenvalue weighted by Crippen LogP contribution is -2.46. The number of rotatable bonds is 6. The smallest absolute Gasteiger partial charge is 0.251 e. The molecule has 34 heavy (non-hydrogen) atoms. The number of allylic oxidation sites excluding steroid dienone is 1. The number of nitrogens with one attached hydrogen (secondary N) is 1. The second kappa shape index (κ2) is 10.2. The number of carbonyl (C=O) groups excluding carboxylic acids is 1. The Bertz CT molecular complexity index is 1180. The molecule has 0 atom stereocenters. The van der Waals surface area contributed by atoms with Gasteiger partial charge < -0.3 is 15.1 Å². The van der Waals surface area contributed by atoms with Crippen LogP contribution in [0.2, 0.25) is 0 Å². The predicted octanol–water partition coefficient (Wildman–Crippen LogP) is 5.32. The van der Waals surface area contributed by atoms with Gasteiger partial charge in [0, 0.05) is 55.6 Å². The number of amides is 1. The summed E-state index contributed by atoms with van der Waals surface area (Å²) >= 11 is 0. The molecule has 1 aliphatic heterocycles. The second-order valence-corrected chi connectivity index (χ2v) is 9.14. The van der Waals surface area contributed by atoms with Crippen molar-refractivity contribution >= 4 is 28.2 Å². The molecule has 0 radical (unpaired) electrons. The average molecular weight is 459 g/mol. The number of fused-ring (bicyclic) bond motifs is 1. The van der Waals surface area contributed by atoms with E-state index in [0.717, 1.165) is 61.3 Å². The summed E-state index contributed by atoms with van der Waals surface area (Å²) in [5.74, 6) is 0.667. The minimum atomic E-state index is -0.215. The number of hydrogen-bond acceptors (Lipinski definition) is 4. The van der Waals surface area contributed by atoms with Crippen LogP contribution in [0.5, 0.6) is 0 Å². The first-order chi connectivity index (χ1) is 16.7. The van der Waals surface area contributed by atoms with Crippen LogP contribution >= 0.6 is 0 Å². The number of benzene rings is 2. The molecule has 0 bridgehead atoms. The Kier molecular flexibility index (Phi) is 6.74. The molecule has 1 aliphatic carbocycles. The van der Waals surface area contributed by atoms with E-state index in [1.54, 1.807) is 0 Å². The fourth-order valence-corrected chi connectivity index (χ4v) is 4.94. The molecular formula is C28H31FN4O. The minimum Gasteiger partial charge on any atom is -0.368 e. The molecule has 0 unspecified atom stereocenters. The van der Waals surface area contributed by atoms with Gasteiger partial charge in [0.2, 0.25) is 0 Å². The van der Waals surface area contributed by atoms with E-state index in [-0.39, 0.29) is 11.7 Å². The third-order valence-corrected chi connectivity index (χ3v) is 6.89. The van der Waals surface area contributed by atoms with Crippen LogP contribution in [0.4, 0.5) is 15.9 Å². The highest BCUT2D eigenvalue weighted by atomic mass is 19.1. The topological polar surface area (TPSA) is 48.5 Å². The van der Waals surface area contributed by atoms with Crippen LogP contribution < -0.4 is 15.1 Å². The van der Waals surface area contributed by atoms with E-state index in [1.165, 1.54) is 37.0 Å². The Morgan fingerprint density at radius 1 is 0.971 bits per heavy atom. The lowest BCUT2D eigenvalue weighted by Gasteiger charge is -2.37. The van der Waals surface area contributed by atoms with Crippen LogP contribution in [0.3, 0.4) is 0 Å². The number of halogens is 1. The number of piperazine rings is 1. The van der Waals surface area contributed by atoms with E-state index in [1.807, 2.05) is 42.6 Å². The molecule has 176 valence electrons. The summed E-state index contributed by atoms with van der Waals surface area (Å²) in [5, 5.41) is 5.17. The first-order valence-corrected chi connectivity index (χ1v) is 12.3. The van der Waals surface area contributed by atoms with Crippen molar-refractivity contribution in [3.8, 4) is 0 Å². The van der Waals surface area contributed by atoms with Gasteiger partial charge in [0.1, 0.15) is 11.6 Å². The maximum Gasteiger partial charge on any atom is 0.251 e. The van der Waals surface area contributed by atoms with Crippen molar-refractivity contribution in [1.29, 1.82) is 0 Å². The summed E-state index contributed by atoms with van der Waals surface area (Å²) in [6, 6.07) is 14.5. The Labute approximate surface area is 200 Å². The summed E-state index contributed by atoms with van der Waals surface area (Å²) < 4.78 is 13.3. The van der Waals surface area contributed by atoms with Gasteiger partial charge in [-0.25, -0.2) is 9.37 Å². The number of anilines is 2. The Hall–Kier alpha value is -3.41. The van der Waals surface area contributed by atoms with Gasteiger partial charge in [-0.15, -0.1) is 0 Å². The molecule has 2 aromatic carbocycles. The SMILES string of the molecule is O=C(NCCC1=CCCCC1)c1ccc2ccnc(N3CCN(c4ccc(F)cc4)CC3)c2c1. The molecule has 1 saturated heterocycles. The van der Waals surface area contributed by atoms with E-state index < -0.39 is 0 Å². The number of hydrogen-bond donors (Lipinski definition) is 1. The zero-order valence-electron chi connectivity index (χ0n) is 19.5. The molecule has 1 aromatic heterocycles. The normalized spacial score (nSPS) is 16.4. The minimum absolute atomic E-state index is 0.0331. The van der Waals surface area contributed by atoms with Crippen molar-refractivity contribution in [3.63, 3.8) is 0 Å². The molecule has 5 rings (SSSR count). The second-order valence-electron chi connectivity index (χ2n) is 9.14. The fourth-order valence-electron chi connectivity index (χ4n) is 4.94. The molecule has 6 heteroatoms. The third-order valence-electron chi connectivity index (χ3n) is 6.89. The lowest BCUT2D eigenvalue weighted by molar-refractivity contribution is 0.0954. The summed E-state index contributed by atoms with van der Waals surface area (Å²) in [7, 11) is 0. The van der Waals surface area contributed by atoms with E-state index in [2.05, 4.69) is 26.2 Å². The van der Waals surface area contributed by atoms with E-state index in [0.29, 0.717) is 12.1 Å². The number of pyridine rings is 1. The molecular weight excluding hydrogens is 427 g/mol. The van der Waals surface area contributed by atoms with Crippen molar-refractivity contribution in [3.05, 3.63) is 77.8 Å². The Morgan fingerprint density at radius 2 is 1.76 bits per heavy atom. The number of carbonyl (C=O) groups is 1. The van der Waals surface area contributed by atoms with Crippen LogP contribution in [0.15, 0.2) is 66.4 Å². The highest BCUT2D eigenvalue weighted by molar-refractivity contribution is 6.01. The largest absolute Gasteiger partial charge is 0.368 e. The van der Waals surface area contributed by atoms with Gasteiger partial charge >= 0.3 is 0 Å². The van der Waals surface area contributed by atoms with Crippen molar-refractivity contribution in [2.45, 2.75) is 32.1 Å². The molecule has 5 nitrogen and oxygen atoms in total. The van der Waals surface area contributed by atoms with Crippen molar-refractivity contribution in [1.82, 2.24) is 10.3 Å². The third kappa shape index (κ3) is 5.06. The number of aromatic nitrogens is 1. The van der Waals surface area contributed by atoms with Crippen LogP contribution in [-0.4, -0.2) is 43.6 Å². The van der Waals surface area contributed by atoms with Crippen LogP contribution in [0.1, 0.15) is 42.5 Å². The van der Waals surface area contributed by atoms with Crippen LogP contribution in [0, 0.1) is 5.82 Å².